The van der Waals surface area contributed by atoms with E-state index in [1.165, 1.54) is 7.11 Å². The summed E-state index contributed by atoms with van der Waals surface area (Å²) in [4.78, 5) is 24.1. The van der Waals surface area contributed by atoms with Crippen molar-refractivity contribution in [3.8, 4) is 17.2 Å². The summed E-state index contributed by atoms with van der Waals surface area (Å²) in [6, 6.07) is 16.6. The molecule has 0 fully saturated rings. The van der Waals surface area contributed by atoms with Gasteiger partial charge in [0.05, 0.1) is 30.7 Å². The molecule has 2 aromatic rings. The Balaban J connectivity index is 1.99. The summed E-state index contributed by atoms with van der Waals surface area (Å²) in [5, 5.41) is 20.7. The van der Waals surface area contributed by atoms with Gasteiger partial charge in [0.2, 0.25) is 11.8 Å². The Labute approximate surface area is 181 Å². The Morgan fingerprint density at radius 1 is 1.16 bits per heavy atom. The van der Waals surface area contributed by atoms with Crippen molar-refractivity contribution in [1.82, 2.24) is 10.8 Å². The molecule has 0 aliphatic carbocycles. The smallest absolute Gasteiger partial charge is 0.246 e. The fourth-order valence-corrected chi connectivity index (χ4v) is 3.13. The molecule has 8 nitrogen and oxygen atoms in total. The monoisotopic (exact) mass is 425 g/mol. The summed E-state index contributed by atoms with van der Waals surface area (Å²) in [6.07, 6.45) is 0.468. The molecule has 0 aliphatic rings. The van der Waals surface area contributed by atoms with Gasteiger partial charge in [-0.05, 0) is 35.2 Å². The number of nitrogens with zero attached hydrogens (tertiary/aromatic N) is 1. The topological polar surface area (TPSA) is 121 Å². The number of carbonyl (C=O) groups is 2. The molecule has 2 rings (SSSR count). The zero-order valence-corrected chi connectivity index (χ0v) is 17.6. The third kappa shape index (κ3) is 7.83. The van der Waals surface area contributed by atoms with Crippen LogP contribution in [0.2, 0.25) is 0 Å². The first-order valence-electron chi connectivity index (χ1n) is 9.86. The maximum Gasteiger partial charge on any atom is 0.246 e. The van der Waals surface area contributed by atoms with Crippen LogP contribution in [0.4, 0.5) is 0 Å². The normalized spacial score (nSPS) is 12.5. The molecule has 8 heteroatoms. The molecule has 2 amide bonds. The molecule has 2 atom stereocenters. The van der Waals surface area contributed by atoms with Crippen molar-refractivity contribution in [2.24, 2.45) is 5.92 Å². The highest BCUT2D eigenvalue weighted by atomic mass is 16.7. The molecule has 0 bridgehead atoms. The van der Waals surface area contributed by atoms with E-state index in [1.54, 1.807) is 18.5 Å². The quantitative estimate of drug-likeness (QED) is 0.220. The SMILES string of the molecule is COCOCC(CC(C)C(=O)NO)NC(=O)Cc1ccc(-c2cccc(C#N)c2)cc1. The number of carbonyl (C=O) groups excluding carboxylic acids is 2. The average Bonchev–Trinajstić information content (AvgIpc) is 2.79. The van der Waals surface area contributed by atoms with Gasteiger partial charge in [-0.15, -0.1) is 0 Å². The van der Waals surface area contributed by atoms with Crippen LogP contribution in [0, 0.1) is 17.2 Å². The number of hydroxylamine groups is 1. The number of hydrogen-bond donors (Lipinski definition) is 3. The molecule has 164 valence electrons. The van der Waals surface area contributed by atoms with E-state index in [9.17, 15) is 9.59 Å². The number of hydrogen-bond acceptors (Lipinski definition) is 6. The Hall–Kier alpha value is -3.25. The summed E-state index contributed by atoms with van der Waals surface area (Å²) in [7, 11) is 1.50. The van der Waals surface area contributed by atoms with E-state index in [1.807, 2.05) is 42.5 Å². The summed E-state index contributed by atoms with van der Waals surface area (Å²) in [5.74, 6) is -1.24. The predicted molar refractivity (Wildman–Crippen MR) is 114 cm³/mol. The van der Waals surface area contributed by atoms with Crippen LogP contribution in [0.15, 0.2) is 48.5 Å². The van der Waals surface area contributed by atoms with Crippen LogP contribution in [0.5, 0.6) is 0 Å². The van der Waals surface area contributed by atoms with Crippen molar-refractivity contribution in [3.05, 3.63) is 59.7 Å². The number of nitrogens with one attached hydrogen (secondary N) is 2. The molecule has 0 heterocycles. The number of nitriles is 1. The van der Waals surface area contributed by atoms with E-state index in [2.05, 4.69) is 11.4 Å². The lowest BCUT2D eigenvalue weighted by Gasteiger charge is -2.21. The second kappa shape index (κ2) is 12.4. The lowest BCUT2D eigenvalue weighted by Crippen LogP contribution is -2.42. The number of ether oxygens (including phenoxy) is 2. The van der Waals surface area contributed by atoms with Gasteiger partial charge in [0, 0.05) is 13.0 Å². The minimum atomic E-state index is -0.526. The Bertz CT molecular complexity index is 908. The van der Waals surface area contributed by atoms with Crippen LogP contribution in [0.3, 0.4) is 0 Å². The van der Waals surface area contributed by atoms with E-state index in [-0.39, 0.29) is 25.7 Å². The zero-order valence-electron chi connectivity index (χ0n) is 17.6. The summed E-state index contributed by atoms with van der Waals surface area (Å²) in [5.41, 5.74) is 4.93. The van der Waals surface area contributed by atoms with Gasteiger partial charge in [0.25, 0.3) is 0 Å². The predicted octanol–water partition coefficient (Wildman–Crippen LogP) is 2.40. The molecule has 0 aromatic heterocycles. The molecule has 2 unspecified atom stereocenters. The van der Waals surface area contributed by atoms with Crippen molar-refractivity contribution >= 4 is 11.8 Å². The van der Waals surface area contributed by atoms with Gasteiger partial charge in [0.1, 0.15) is 6.79 Å². The molecule has 0 radical (unpaired) electrons. The highest BCUT2D eigenvalue weighted by molar-refractivity contribution is 5.80. The van der Waals surface area contributed by atoms with Crippen LogP contribution < -0.4 is 10.8 Å². The minimum Gasteiger partial charge on any atom is -0.359 e. The zero-order chi connectivity index (χ0) is 22.6. The third-order valence-corrected chi connectivity index (χ3v) is 4.72. The van der Waals surface area contributed by atoms with E-state index in [4.69, 9.17) is 19.9 Å². The molecule has 2 aromatic carbocycles. The molecule has 0 saturated heterocycles. The van der Waals surface area contributed by atoms with E-state index in [0.29, 0.717) is 12.0 Å². The highest BCUT2D eigenvalue weighted by Crippen LogP contribution is 2.21. The molecular formula is C23H27N3O5. The lowest BCUT2D eigenvalue weighted by atomic mass is 10.00. The van der Waals surface area contributed by atoms with Gasteiger partial charge in [-0.2, -0.15) is 5.26 Å². The summed E-state index contributed by atoms with van der Waals surface area (Å²) in [6.45, 7) is 1.90. The Morgan fingerprint density at radius 3 is 2.55 bits per heavy atom. The van der Waals surface area contributed by atoms with E-state index in [0.717, 1.165) is 16.7 Å². The first-order chi connectivity index (χ1) is 15.0. The van der Waals surface area contributed by atoms with Crippen molar-refractivity contribution in [1.29, 1.82) is 5.26 Å². The van der Waals surface area contributed by atoms with Crippen molar-refractivity contribution in [2.75, 3.05) is 20.5 Å². The fourth-order valence-electron chi connectivity index (χ4n) is 3.13. The third-order valence-electron chi connectivity index (χ3n) is 4.72. The highest BCUT2D eigenvalue weighted by Gasteiger charge is 2.21. The molecule has 31 heavy (non-hydrogen) atoms. The fraction of sp³-hybridized carbons (Fsp3) is 0.348. The van der Waals surface area contributed by atoms with Crippen LogP contribution in [-0.4, -0.2) is 43.6 Å². The van der Waals surface area contributed by atoms with Gasteiger partial charge < -0.3 is 14.8 Å². The maximum atomic E-state index is 12.5. The largest absolute Gasteiger partial charge is 0.359 e. The van der Waals surface area contributed by atoms with Gasteiger partial charge in [-0.25, -0.2) is 5.48 Å². The lowest BCUT2D eigenvalue weighted by molar-refractivity contribution is -0.134. The van der Waals surface area contributed by atoms with Gasteiger partial charge in [0.15, 0.2) is 0 Å². The Morgan fingerprint density at radius 2 is 1.90 bits per heavy atom. The van der Waals surface area contributed by atoms with Crippen LogP contribution in [0.25, 0.3) is 11.1 Å². The molecule has 3 N–H and O–H groups in total. The standard InChI is InChI=1S/C23H27N3O5/c1-16(23(28)26-29)10-21(14-31-15-30-2)25-22(27)12-17-6-8-19(9-7-17)20-5-3-4-18(11-20)13-24/h3-9,11,16,21,29H,10,12,14-15H2,1-2H3,(H,25,27)(H,26,28). The van der Waals surface area contributed by atoms with Crippen LogP contribution in [0.1, 0.15) is 24.5 Å². The molecule has 0 saturated carbocycles. The minimum absolute atomic E-state index is 0.0708. The van der Waals surface area contributed by atoms with E-state index < -0.39 is 17.9 Å². The molecule has 0 aliphatic heterocycles. The van der Waals surface area contributed by atoms with Crippen molar-refractivity contribution in [3.63, 3.8) is 0 Å². The average molecular weight is 425 g/mol. The Kier molecular flexibility index (Phi) is 9.65. The molecule has 0 spiro atoms. The number of benzene rings is 2. The summed E-state index contributed by atoms with van der Waals surface area (Å²) < 4.78 is 10.2. The van der Waals surface area contributed by atoms with Crippen molar-refractivity contribution in [2.45, 2.75) is 25.8 Å². The van der Waals surface area contributed by atoms with Crippen molar-refractivity contribution < 1.29 is 24.3 Å². The van der Waals surface area contributed by atoms with E-state index >= 15 is 0 Å². The number of rotatable bonds is 11. The second-order valence-electron chi connectivity index (χ2n) is 7.22. The van der Waals surface area contributed by atoms with Gasteiger partial charge in [-0.1, -0.05) is 43.3 Å². The van der Waals surface area contributed by atoms with Gasteiger partial charge in [-0.3, -0.25) is 14.8 Å². The first-order valence-corrected chi connectivity index (χ1v) is 9.86. The first kappa shape index (κ1) is 24.0. The number of amides is 2. The van der Waals surface area contributed by atoms with Crippen LogP contribution >= 0.6 is 0 Å². The number of methoxy groups -OCH3 is 1. The maximum absolute atomic E-state index is 12.5. The second-order valence-corrected chi connectivity index (χ2v) is 7.22. The van der Waals surface area contributed by atoms with Gasteiger partial charge >= 0.3 is 0 Å². The summed E-state index contributed by atoms with van der Waals surface area (Å²) >= 11 is 0. The molecular weight excluding hydrogens is 398 g/mol. The van der Waals surface area contributed by atoms with Crippen LogP contribution in [-0.2, 0) is 25.5 Å².